The Hall–Kier alpha value is -0.0800. The molecule has 1 heterocycles. The predicted molar refractivity (Wildman–Crippen MR) is 83.2 cm³/mol. The van der Waals surface area contributed by atoms with Crippen LogP contribution in [-0.2, 0) is 0 Å². The first-order chi connectivity index (χ1) is 9.09. The minimum absolute atomic E-state index is 0.349. The van der Waals surface area contributed by atoms with Gasteiger partial charge in [-0.15, -0.1) is 0 Å². The minimum atomic E-state index is 0.349. The van der Waals surface area contributed by atoms with Gasteiger partial charge in [-0.05, 0) is 50.0 Å². The largest absolute Gasteiger partial charge is 0.329 e. The highest BCUT2D eigenvalue weighted by Crippen LogP contribution is 2.41. The van der Waals surface area contributed by atoms with Gasteiger partial charge in [0.15, 0.2) is 0 Å². The highest BCUT2D eigenvalue weighted by atomic mass is 15.2. The van der Waals surface area contributed by atoms with Crippen LogP contribution in [0.2, 0.25) is 0 Å². The van der Waals surface area contributed by atoms with Crippen LogP contribution in [0.1, 0.15) is 65.7 Å². The van der Waals surface area contributed by atoms with Crippen LogP contribution >= 0.6 is 0 Å². The van der Waals surface area contributed by atoms with E-state index in [9.17, 15) is 0 Å². The molecule has 1 aliphatic heterocycles. The van der Waals surface area contributed by atoms with E-state index in [4.69, 9.17) is 5.73 Å². The van der Waals surface area contributed by atoms with Crippen LogP contribution in [0.5, 0.6) is 0 Å². The second kappa shape index (κ2) is 6.58. The molecular weight excluding hydrogens is 232 g/mol. The number of hydrogen-bond acceptors (Lipinski definition) is 2. The maximum Gasteiger partial charge on any atom is 0.0334 e. The summed E-state index contributed by atoms with van der Waals surface area (Å²) in [5.41, 5.74) is 6.61. The molecule has 3 unspecified atom stereocenters. The van der Waals surface area contributed by atoms with Crippen molar-refractivity contribution >= 4 is 0 Å². The van der Waals surface area contributed by atoms with E-state index in [1.807, 2.05) is 0 Å². The zero-order valence-electron chi connectivity index (χ0n) is 13.3. The van der Waals surface area contributed by atoms with Gasteiger partial charge in [0, 0.05) is 18.6 Å². The maximum atomic E-state index is 6.26. The number of hydrogen-bond donors (Lipinski definition) is 1. The molecule has 2 fully saturated rings. The Morgan fingerprint density at radius 2 is 2.05 bits per heavy atom. The van der Waals surface area contributed by atoms with E-state index in [0.717, 1.165) is 24.3 Å². The molecule has 0 aromatic heterocycles. The van der Waals surface area contributed by atoms with Gasteiger partial charge in [-0.25, -0.2) is 0 Å². The SMILES string of the molecule is CCC1CCN(C2(CN)CCCC(CC(C)C)C2)C1. The van der Waals surface area contributed by atoms with Gasteiger partial charge in [0.05, 0.1) is 0 Å². The molecule has 19 heavy (non-hydrogen) atoms. The molecule has 112 valence electrons. The molecule has 0 aromatic carbocycles. The number of nitrogens with zero attached hydrogens (tertiary/aromatic N) is 1. The topological polar surface area (TPSA) is 29.3 Å². The number of nitrogens with two attached hydrogens (primary N) is 1. The summed E-state index contributed by atoms with van der Waals surface area (Å²) in [4.78, 5) is 2.77. The van der Waals surface area contributed by atoms with Gasteiger partial charge in [-0.2, -0.15) is 0 Å². The smallest absolute Gasteiger partial charge is 0.0334 e. The number of rotatable bonds is 5. The Morgan fingerprint density at radius 3 is 2.63 bits per heavy atom. The van der Waals surface area contributed by atoms with Gasteiger partial charge in [-0.3, -0.25) is 4.90 Å². The van der Waals surface area contributed by atoms with E-state index in [2.05, 4.69) is 25.7 Å². The van der Waals surface area contributed by atoms with Crippen molar-refractivity contribution in [2.24, 2.45) is 23.5 Å². The zero-order chi connectivity index (χ0) is 13.9. The Balaban J connectivity index is 2.00. The summed E-state index contributed by atoms with van der Waals surface area (Å²) in [6.45, 7) is 10.5. The van der Waals surface area contributed by atoms with Crippen LogP contribution in [0.4, 0.5) is 0 Å². The molecular formula is C17H34N2. The predicted octanol–water partition coefficient (Wildman–Crippen LogP) is 3.65. The molecule has 2 heteroatoms. The molecule has 2 N–H and O–H groups in total. The first-order valence-corrected chi connectivity index (χ1v) is 8.54. The van der Waals surface area contributed by atoms with Crippen molar-refractivity contribution in [2.45, 2.75) is 71.3 Å². The van der Waals surface area contributed by atoms with Crippen LogP contribution in [0, 0.1) is 17.8 Å². The second-order valence-corrected chi connectivity index (χ2v) is 7.53. The molecule has 1 saturated carbocycles. The van der Waals surface area contributed by atoms with E-state index in [-0.39, 0.29) is 0 Å². The third kappa shape index (κ3) is 3.52. The van der Waals surface area contributed by atoms with Crippen LogP contribution in [-0.4, -0.2) is 30.1 Å². The average molecular weight is 266 g/mol. The molecule has 2 nitrogen and oxygen atoms in total. The van der Waals surface area contributed by atoms with Gasteiger partial charge in [0.2, 0.25) is 0 Å². The summed E-state index contributed by atoms with van der Waals surface area (Å²) in [5.74, 6) is 2.67. The van der Waals surface area contributed by atoms with Crippen LogP contribution in [0.25, 0.3) is 0 Å². The average Bonchev–Trinajstić information content (AvgIpc) is 2.87. The molecule has 0 radical (unpaired) electrons. The van der Waals surface area contributed by atoms with Gasteiger partial charge in [-0.1, -0.05) is 40.0 Å². The Kier molecular flexibility index (Phi) is 5.30. The molecule has 0 spiro atoms. The lowest BCUT2D eigenvalue weighted by atomic mass is 9.72. The van der Waals surface area contributed by atoms with Crippen LogP contribution in [0.15, 0.2) is 0 Å². The van der Waals surface area contributed by atoms with Crippen molar-refractivity contribution in [3.63, 3.8) is 0 Å². The van der Waals surface area contributed by atoms with Crippen molar-refractivity contribution in [1.29, 1.82) is 0 Å². The minimum Gasteiger partial charge on any atom is -0.329 e. The second-order valence-electron chi connectivity index (χ2n) is 7.53. The normalized spacial score (nSPS) is 37.1. The van der Waals surface area contributed by atoms with Crippen LogP contribution < -0.4 is 5.73 Å². The van der Waals surface area contributed by atoms with Gasteiger partial charge in [0.25, 0.3) is 0 Å². The lowest BCUT2D eigenvalue weighted by Gasteiger charge is -2.47. The van der Waals surface area contributed by atoms with Crippen molar-refractivity contribution in [1.82, 2.24) is 4.90 Å². The fraction of sp³-hybridized carbons (Fsp3) is 1.00. The monoisotopic (exact) mass is 266 g/mol. The van der Waals surface area contributed by atoms with E-state index in [1.165, 1.54) is 58.0 Å². The van der Waals surface area contributed by atoms with Crippen molar-refractivity contribution in [2.75, 3.05) is 19.6 Å². The van der Waals surface area contributed by atoms with E-state index < -0.39 is 0 Å². The Labute approximate surface area is 120 Å². The van der Waals surface area contributed by atoms with Gasteiger partial charge >= 0.3 is 0 Å². The highest BCUT2D eigenvalue weighted by molar-refractivity contribution is 4.99. The summed E-state index contributed by atoms with van der Waals surface area (Å²) in [6.07, 6.45) is 9.66. The summed E-state index contributed by atoms with van der Waals surface area (Å²) >= 11 is 0. The molecule has 3 atom stereocenters. The fourth-order valence-corrected chi connectivity index (χ4v) is 4.53. The quantitative estimate of drug-likeness (QED) is 0.823. The standard InChI is InChI=1S/C17H34N2/c1-4-15-7-9-19(12-15)17(13-18)8-5-6-16(11-17)10-14(2)3/h14-16H,4-13,18H2,1-3H3. The summed E-state index contributed by atoms with van der Waals surface area (Å²) < 4.78 is 0. The first kappa shape index (κ1) is 15.3. The highest BCUT2D eigenvalue weighted by Gasteiger charge is 2.42. The molecule has 0 aromatic rings. The van der Waals surface area contributed by atoms with Crippen molar-refractivity contribution in [3.05, 3.63) is 0 Å². The Bertz CT molecular complexity index is 276. The molecule has 2 aliphatic rings. The van der Waals surface area contributed by atoms with E-state index in [1.54, 1.807) is 0 Å². The Morgan fingerprint density at radius 1 is 1.26 bits per heavy atom. The van der Waals surface area contributed by atoms with Gasteiger partial charge in [0.1, 0.15) is 0 Å². The van der Waals surface area contributed by atoms with Crippen LogP contribution in [0.3, 0.4) is 0 Å². The lowest BCUT2D eigenvalue weighted by molar-refractivity contribution is 0.0471. The van der Waals surface area contributed by atoms with Gasteiger partial charge < -0.3 is 5.73 Å². The molecule has 2 rings (SSSR count). The molecule has 0 amide bonds. The zero-order valence-corrected chi connectivity index (χ0v) is 13.3. The first-order valence-electron chi connectivity index (χ1n) is 8.54. The fourth-order valence-electron chi connectivity index (χ4n) is 4.53. The summed E-state index contributed by atoms with van der Waals surface area (Å²) in [6, 6.07) is 0. The maximum absolute atomic E-state index is 6.26. The third-order valence-corrected chi connectivity index (χ3v) is 5.64. The summed E-state index contributed by atoms with van der Waals surface area (Å²) in [5, 5.41) is 0. The summed E-state index contributed by atoms with van der Waals surface area (Å²) in [7, 11) is 0. The number of likely N-dealkylation sites (tertiary alicyclic amines) is 1. The van der Waals surface area contributed by atoms with Crippen molar-refractivity contribution < 1.29 is 0 Å². The molecule has 1 saturated heterocycles. The molecule has 1 aliphatic carbocycles. The van der Waals surface area contributed by atoms with E-state index >= 15 is 0 Å². The third-order valence-electron chi connectivity index (χ3n) is 5.64. The lowest BCUT2D eigenvalue weighted by Crippen LogP contribution is -2.55. The van der Waals surface area contributed by atoms with E-state index in [0.29, 0.717) is 5.54 Å². The van der Waals surface area contributed by atoms with Crippen molar-refractivity contribution in [3.8, 4) is 0 Å². The molecule has 0 bridgehead atoms.